The topological polar surface area (TPSA) is 48.1 Å². The first-order valence-electron chi connectivity index (χ1n) is 10.9. The van der Waals surface area contributed by atoms with Crippen molar-refractivity contribution in [1.29, 1.82) is 0 Å². The highest BCUT2D eigenvalue weighted by Crippen LogP contribution is 2.29. The summed E-state index contributed by atoms with van der Waals surface area (Å²) in [6.45, 7) is 7.65. The number of methoxy groups -OCH3 is 1. The molecule has 0 spiro atoms. The summed E-state index contributed by atoms with van der Waals surface area (Å²) in [6.07, 6.45) is 2.21. The van der Waals surface area contributed by atoms with Gasteiger partial charge in [-0.2, -0.15) is 0 Å². The molecule has 1 atom stereocenters. The minimum atomic E-state index is 0.0104. The summed E-state index contributed by atoms with van der Waals surface area (Å²) in [7, 11) is 1.73. The number of piperazine rings is 1. The zero-order valence-corrected chi connectivity index (χ0v) is 18.0. The maximum atomic E-state index is 12.8. The molecule has 30 heavy (non-hydrogen) atoms. The van der Waals surface area contributed by atoms with Gasteiger partial charge in [0, 0.05) is 51.0 Å². The summed E-state index contributed by atoms with van der Waals surface area (Å²) < 4.78 is 5.53. The van der Waals surface area contributed by atoms with Gasteiger partial charge in [-0.25, -0.2) is 4.79 Å². The van der Waals surface area contributed by atoms with Crippen LogP contribution in [-0.2, 0) is 0 Å². The van der Waals surface area contributed by atoms with Crippen molar-refractivity contribution < 1.29 is 9.53 Å². The Hall–Kier alpha value is -2.73. The smallest absolute Gasteiger partial charge is 0.321 e. The molecular weight excluding hydrogens is 376 g/mol. The van der Waals surface area contributed by atoms with E-state index in [2.05, 4.69) is 34.2 Å². The molecule has 6 nitrogen and oxygen atoms in total. The summed E-state index contributed by atoms with van der Waals surface area (Å²) in [5.74, 6) is 0.933. The number of anilines is 2. The summed E-state index contributed by atoms with van der Waals surface area (Å²) in [6, 6.07) is 16.6. The lowest BCUT2D eigenvalue weighted by Gasteiger charge is -2.44. The Morgan fingerprint density at radius 2 is 1.73 bits per heavy atom. The van der Waals surface area contributed by atoms with E-state index in [1.165, 1.54) is 11.3 Å². The number of hydrogen-bond donors (Lipinski definition) is 1. The molecule has 0 bridgehead atoms. The van der Waals surface area contributed by atoms with Crippen LogP contribution >= 0.6 is 0 Å². The van der Waals surface area contributed by atoms with Crippen LogP contribution in [0.5, 0.6) is 5.75 Å². The third kappa shape index (κ3) is 4.70. The second kappa shape index (κ2) is 9.39. The van der Waals surface area contributed by atoms with Crippen LogP contribution in [0.2, 0.25) is 0 Å². The summed E-state index contributed by atoms with van der Waals surface area (Å²) in [5, 5.41) is 3.05. The largest absolute Gasteiger partial charge is 0.495 e. The average molecular weight is 409 g/mol. The van der Waals surface area contributed by atoms with Crippen LogP contribution in [0.25, 0.3) is 0 Å². The molecule has 160 valence electrons. The Morgan fingerprint density at radius 3 is 2.47 bits per heavy atom. The third-order valence-corrected chi connectivity index (χ3v) is 6.24. The predicted octanol–water partition coefficient (Wildman–Crippen LogP) is 3.82. The van der Waals surface area contributed by atoms with Crippen LogP contribution in [0, 0.1) is 6.92 Å². The first-order valence-corrected chi connectivity index (χ1v) is 10.9. The number of piperidine rings is 1. The van der Waals surface area contributed by atoms with Gasteiger partial charge in [0.25, 0.3) is 0 Å². The molecule has 2 amide bonds. The number of amides is 2. The van der Waals surface area contributed by atoms with E-state index in [0.29, 0.717) is 6.04 Å². The van der Waals surface area contributed by atoms with Crippen LogP contribution in [0.4, 0.5) is 16.2 Å². The summed E-state index contributed by atoms with van der Waals surface area (Å²) in [4.78, 5) is 19.7. The summed E-state index contributed by atoms with van der Waals surface area (Å²) in [5.41, 5.74) is 3.22. The van der Waals surface area contributed by atoms with Gasteiger partial charge in [0.2, 0.25) is 0 Å². The molecule has 0 saturated carbocycles. The van der Waals surface area contributed by atoms with Crippen molar-refractivity contribution in [2.45, 2.75) is 25.8 Å². The predicted molar refractivity (Wildman–Crippen MR) is 122 cm³/mol. The number of nitrogens with zero attached hydrogens (tertiary/aromatic N) is 3. The highest BCUT2D eigenvalue weighted by molar-refractivity contribution is 5.89. The number of carbonyl (C=O) groups excluding carboxylic acids is 1. The van der Waals surface area contributed by atoms with E-state index < -0.39 is 0 Å². The van der Waals surface area contributed by atoms with Crippen LogP contribution < -0.4 is 15.0 Å². The molecule has 2 saturated heterocycles. The quantitative estimate of drug-likeness (QED) is 0.836. The molecule has 1 N–H and O–H groups in total. The minimum Gasteiger partial charge on any atom is -0.495 e. The Labute approximate surface area is 179 Å². The highest BCUT2D eigenvalue weighted by Gasteiger charge is 2.30. The number of carbonyl (C=O) groups is 1. The van der Waals surface area contributed by atoms with Crippen molar-refractivity contribution in [3.05, 3.63) is 54.1 Å². The molecule has 0 aromatic heterocycles. The number of urea groups is 1. The van der Waals surface area contributed by atoms with Crippen molar-refractivity contribution in [1.82, 2.24) is 9.80 Å². The van der Waals surface area contributed by atoms with Gasteiger partial charge in [-0.05, 0) is 44.0 Å². The van der Waals surface area contributed by atoms with Gasteiger partial charge < -0.3 is 19.9 Å². The Bertz CT molecular complexity index is 847. The number of rotatable bonds is 4. The van der Waals surface area contributed by atoms with Crippen LogP contribution in [0.1, 0.15) is 18.4 Å². The Morgan fingerprint density at radius 1 is 1.00 bits per heavy atom. The second-order valence-corrected chi connectivity index (χ2v) is 8.23. The van der Waals surface area contributed by atoms with E-state index >= 15 is 0 Å². The molecule has 4 rings (SSSR count). The molecule has 0 radical (unpaired) electrons. The van der Waals surface area contributed by atoms with E-state index in [1.807, 2.05) is 41.3 Å². The van der Waals surface area contributed by atoms with Gasteiger partial charge in [-0.15, -0.1) is 0 Å². The Kier molecular flexibility index (Phi) is 6.43. The third-order valence-electron chi connectivity index (χ3n) is 6.24. The van der Waals surface area contributed by atoms with Gasteiger partial charge in [0.15, 0.2) is 0 Å². The van der Waals surface area contributed by atoms with Crippen molar-refractivity contribution in [2.75, 3.05) is 56.6 Å². The molecule has 2 fully saturated rings. The van der Waals surface area contributed by atoms with Crippen LogP contribution in [-0.4, -0.2) is 68.3 Å². The van der Waals surface area contributed by atoms with Crippen molar-refractivity contribution >= 4 is 17.4 Å². The molecule has 2 aliphatic rings. The lowest BCUT2D eigenvalue weighted by Crippen LogP contribution is -2.56. The lowest BCUT2D eigenvalue weighted by atomic mass is 10.0. The molecule has 0 unspecified atom stereocenters. The number of ether oxygens (including phenoxy) is 1. The molecule has 0 aliphatic carbocycles. The SMILES string of the molecule is COc1ccccc1N1CCN([C@@H]2CCCN(C(=O)Nc3ccc(C)cc3)C2)CC1. The first kappa shape index (κ1) is 20.5. The standard InChI is InChI=1S/C24H32N4O2/c1-19-9-11-20(12-10-19)25-24(29)28-13-5-6-21(18-28)26-14-16-27(17-15-26)22-7-3-4-8-23(22)30-2/h3-4,7-12,21H,5-6,13-18H2,1-2H3,(H,25,29)/t21-/m1/s1. The number of hydrogen-bond acceptors (Lipinski definition) is 4. The molecule has 2 heterocycles. The van der Waals surface area contributed by atoms with Gasteiger partial charge >= 0.3 is 6.03 Å². The zero-order valence-electron chi connectivity index (χ0n) is 18.0. The number of benzene rings is 2. The molecule has 2 aromatic rings. The Balaban J connectivity index is 1.32. The van der Waals surface area contributed by atoms with Gasteiger partial charge in [-0.3, -0.25) is 4.90 Å². The molecule has 2 aliphatic heterocycles. The fraction of sp³-hybridized carbons (Fsp3) is 0.458. The molecule has 6 heteroatoms. The van der Waals surface area contributed by atoms with Crippen LogP contribution in [0.3, 0.4) is 0 Å². The van der Waals surface area contributed by atoms with Gasteiger partial charge in [0.1, 0.15) is 5.75 Å². The van der Waals surface area contributed by atoms with Crippen molar-refractivity contribution in [3.8, 4) is 5.75 Å². The fourth-order valence-corrected chi connectivity index (χ4v) is 4.50. The average Bonchev–Trinajstić information content (AvgIpc) is 2.80. The summed E-state index contributed by atoms with van der Waals surface area (Å²) >= 11 is 0. The normalized spacial score (nSPS) is 20.1. The van der Waals surface area contributed by atoms with Gasteiger partial charge in [0.05, 0.1) is 12.8 Å². The van der Waals surface area contributed by atoms with E-state index in [1.54, 1.807) is 7.11 Å². The minimum absolute atomic E-state index is 0.0104. The number of aryl methyl sites for hydroxylation is 1. The van der Waals surface area contributed by atoms with Crippen LogP contribution in [0.15, 0.2) is 48.5 Å². The van der Waals surface area contributed by atoms with E-state index in [9.17, 15) is 4.79 Å². The number of nitrogens with one attached hydrogen (secondary N) is 1. The van der Waals surface area contributed by atoms with Gasteiger partial charge in [-0.1, -0.05) is 29.8 Å². The number of para-hydroxylation sites is 2. The molecule has 2 aromatic carbocycles. The maximum absolute atomic E-state index is 12.8. The lowest BCUT2D eigenvalue weighted by molar-refractivity contribution is 0.108. The zero-order chi connectivity index (χ0) is 20.9. The monoisotopic (exact) mass is 408 g/mol. The second-order valence-electron chi connectivity index (χ2n) is 8.23. The van der Waals surface area contributed by atoms with E-state index in [-0.39, 0.29) is 6.03 Å². The van der Waals surface area contributed by atoms with Crippen molar-refractivity contribution in [2.24, 2.45) is 0 Å². The van der Waals surface area contributed by atoms with E-state index in [4.69, 9.17) is 4.74 Å². The first-order chi connectivity index (χ1) is 14.6. The van der Waals surface area contributed by atoms with Crippen molar-refractivity contribution in [3.63, 3.8) is 0 Å². The maximum Gasteiger partial charge on any atom is 0.321 e. The number of likely N-dealkylation sites (tertiary alicyclic amines) is 1. The highest BCUT2D eigenvalue weighted by atomic mass is 16.5. The fourth-order valence-electron chi connectivity index (χ4n) is 4.50. The molecular formula is C24H32N4O2. The van der Waals surface area contributed by atoms with E-state index in [0.717, 1.165) is 63.5 Å².